The van der Waals surface area contributed by atoms with Gasteiger partial charge in [0.25, 0.3) is 0 Å². The second-order valence-electron chi connectivity index (χ2n) is 6.81. The van der Waals surface area contributed by atoms with E-state index in [1.165, 1.54) is 49.8 Å². The Kier molecular flexibility index (Phi) is 3.66. The van der Waals surface area contributed by atoms with Crippen molar-refractivity contribution in [1.82, 2.24) is 9.80 Å². The average Bonchev–Trinajstić information content (AvgIpc) is 3.14. The van der Waals surface area contributed by atoms with Gasteiger partial charge >= 0.3 is 6.03 Å². The Bertz CT molecular complexity index is 481. The Morgan fingerprint density at radius 2 is 1.81 bits per heavy atom. The highest BCUT2D eigenvalue weighted by atomic mass is 32.1. The van der Waals surface area contributed by atoms with Crippen LogP contribution in [0.5, 0.6) is 0 Å². The smallest absolute Gasteiger partial charge is 0.320 e. The Labute approximate surface area is 130 Å². The lowest BCUT2D eigenvalue weighted by atomic mass is 9.89. The van der Waals surface area contributed by atoms with E-state index < -0.39 is 0 Å². The molecular weight excluding hydrogens is 280 g/mol. The summed E-state index contributed by atoms with van der Waals surface area (Å²) < 4.78 is 0. The maximum atomic E-state index is 12.9. The largest absolute Gasteiger partial charge is 0.325 e. The minimum Gasteiger partial charge on any atom is -0.325 e. The van der Waals surface area contributed by atoms with Crippen LogP contribution in [-0.2, 0) is 0 Å². The Morgan fingerprint density at radius 3 is 2.43 bits per heavy atom. The summed E-state index contributed by atoms with van der Waals surface area (Å²) >= 11 is 1.89. The quantitative estimate of drug-likeness (QED) is 0.767. The third-order valence-electron chi connectivity index (χ3n) is 5.53. The van der Waals surface area contributed by atoms with Crippen LogP contribution < -0.4 is 0 Å². The zero-order valence-electron chi connectivity index (χ0n) is 12.5. The van der Waals surface area contributed by atoms with Crippen molar-refractivity contribution in [2.24, 2.45) is 0 Å². The van der Waals surface area contributed by atoms with Gasteiger partial charge in [0.1, 0.15) is 0 Å². The summed E-state index contributed by atoms with van der Waals surface area (Å²) in [6.45, 7) is 1.95. The Hall–Kier alpha value is -1.03. The van der Waals surface area contributed by atoms with Crippen LogP contribution in [0.2, 0.25) is 0 Å². The number of piperidine rings is 2. The zero-order valence-corrected chi connectivity index (χ0v) is 13.4. The lowest BCUT2D eigenvalue weighted by Crippen LogP contribution is -2.52. The van der Waals surface area contributed by atoms with Gasteiger partial charge < -0.3 is 9.80 Å². The molecule has 0 saturated carbocycles. The fourth-order valence-electron chi connectivity index (χ4n) is 4.49. The van der Waals surface area contributed by atoms with Crippen molar-refractivity contribution < 1.29 is 4.79 Å². The molecule has 4 heterocycles. The van der Waals surface area contributed by atoms with Gasteiger partial charge in [-0.15, -0.1) is 11.3 Å². The molecule has 0 unspecified atom stereocenters. The number of thiophene rings is 1. The zero-order chi connectivity index (χ0) is 14.2. The van der Waals surface area contributed by atoms with E-state index in [0.29, 0.717) is 24.0 Å². The van der Waals surface area contributed by atoms with Crippen LogP contribution in [0.15, 0.2) is 17.5 Å². The predicted octanol–water partition coefficient (Wildman–Crippen LogP) is 4.06. The normalized spacial score (nSPS) is 32.5. The number of hydrogen-bond donors (Lipinski definition) is 0. The molecule has 3 fully saturated rings. The maximum absolute atomic E-state index is 12.9. The molecule has 0 spiro atoms. The molecule has 1 aromatic rings. The topological polar surface area (TPSA) is 23.6 Å². The molecule has 3 atom stereocenters. The molecule has 3 saturated heterocycles. The molecule has 0 aliphatic carbocycles. The molecule has 0 aromatic carbocycles. The summed E-state index contributed by atoms with van der Waals surface area (Å²) in [5.74, 6) is 0.688. The van der Waals surface area contributed by atoms with Crippen LogP contribution in [0.4, 0.5) is 4.79 Å². The van der Waals surface area contributed by atoms with Gasteiger partial charge in [0, 0.05) is 30.1 Å². The second kappa shape index (κ2) is 5.64. The number of carbonyl (C=O) groups excluding carboxylic acids is 1. The third kappa shape index (κ3) is 2.48. The molecule has 0 radical (unpaired) electrons. The van der Waals surface area contributed by atoms with Gasteiger partial charge in [-0.1, -0.05) is 6.07 Å². The summed E-state index contributed by atoms with van der Waals surface area (Å²) in [6, 6.07) is 5.76. The highest BCUT2D eigenvalue weighted by Crippen LogP contribution is 2.44. The van der Waals surface area contributed by atoms with Gasteiger partial charge in [0.05, 0.1) is 0 Å². The molecule has 4 heteroatoms. The van der Waals surface area contributed by atoms with Crippen molar-refractivity contribution in [1.29, 1.82) is 0 Å². The van der Waals surface area contributed by atoms with Crippen molar-refractivity contribution in [3.05, 3.63) is 22.4 Å². The predicted molar refractivity (Wildman–Crippen MR) is 85.8 cm³/mol. The van der Waals surface area contributed by atoms with Crippen LogP contribution >= 0.6 is 11.3 Å². The van der Waals surface area contributed by atoms with E-state index in [9.17, 15) is 4.79 Å². The monoisotopic (exact) mass is 304 g/mol. The van der Waals surface area contributed by atoms with Crippen LogP contribution in [0.1, 0.15) is 55.7 Å². The summed E-state index contributed by atoms with van der Waals surface area (Å²) in [4.78, 5) is 18.8. The van der Waals surface area contributed by atoms with E-state index in [1.54, 1.807) is 0 Å². The molecular formula is C17H24N2OS. The van der Waals surface area contributed by atoms with Crippen molar-refractivity contribution in [2.45, 2.75) is 62.9 Å². The third-order valence-corrected chi connectivity index (χ3v) is 6.56. The highest BCUT2D eigenvalue weighted by molar-refractivity contribution is 7.10. The van der Waals surface area contributed by atoms with Crippen LogP contribution in [-0.4, -0.2) is 41.0 Å². The first-order valence-electron chi connectivity index (χ1n) is 8.43. The summed E-state index contributed by atoms with van der Waals surface area (Å²) in [5, 5.41) is 2.18. The van der Waals surface area contributed by atoms with Gasteiger partial charge in [-0.05, 0) is 62.3 Å². The number of nitrogens with zero attached hydrogens (tertiary/aromatic N) is 2. The molecule has 114 valence electrons. The minimum absolute atomic E-state index is 0.340. The van der Waals surface area contributed by atoms with Crippen molar-refractivity contribution in [2.75, 3.05) is 13.1 Å². The van der Waals surface area contributed by atoms with Gasteiger partial charge in [0.15, 0.2) is 0 Å². The highest BCUT2D eigenvalue weighted by Gasteiger charge is 2.45. The first-order chi connectivity index (χ1) is 10.3. The van der Waals surface area contributed by atoms with E-state index in [1.807, 2.05) is 11.3 Å². The average molecular weight is 304 g/mol. The standard InChI is InChI=1S/C17H24N2OS/c20-17(18-8-2-1-3-9-18)19-14-6-7-15(19)12-13(11-14)16-5-4-10-21-16/h4-5,10,13-15H,1-3,6-9,11-12H2/t13-,14+,15-. The molecule has 3 aliphatic rings. The summed E-state index contributed by atoms with van der Waals surface area (Å²) in [7, 11) is 0. The summed E-state index contributed by atoms with van der Waals surface area (Å²) in [5.41, 5.74) is 0. The first kappa shape index (κ1) is 13.6. The molecule has 2 amide bonds. The summed E-state index contributed by atoms with van der Waals surface area (Å²) in [6.07, 6.45) is 8.45. The first-order valence-corrected chi connectivity index (χ1v) is 9.31. The van der Waals surface area contributed by atoms with E-state index in [0.717, 1.165) is 13.1 Å². The van der Waals surface area contributed by atoms with Crippen LogP contribution in [0, 0.1) is 0 Å². The Balaban J connectivity index is 1.47. The molecule has 0 N–H and O–H groups in total. The van der Waals surface area contributed by atoms with E-state index in [-0.39, 0.29) is 0 Å². The van der Waals surface area contributed by atoms with E-state index in [4.69, 9.17) is 0 Å². The van der Waals surface area contributed by atoms with Crippen LogP contribution in [0.25, 0.3) is 0 Å². The van der Waals surface area contributed by atoms with E-state index >= 15 is 0 Å². The van der Waals surface area contributed by atoms with Gasteiger partial charge in [-0.3, -0.25) is 0 Å². The van der Waals surface area contributed by atoms with E-state index in [2.05, 4.69) is 27.3 Å². The molecule has 4 rings (SSSR count). The molecule has 3 nitrogen and oxygen atoms in total. The lowest BCUT2D eigenvalue weighted by molar-refractivity contribution is 0.0994. The van der Waals surface area contributed by atoms with Crippen molar-refractivity contribution in [3.8, 4) is 0 Å². The second-order valence-corrected chi connectivity index (χ2v) is 7.79. The Morgan fingerprint density at radius 1 is 1.10 bits per heavy atom. The fourth-order valence-corrected chi connectivity index (χ4v) is 5.35. The molecule has 2 bridgehead atoms. The number of likely N-dealkylation sites (tertiary alicyclic amines) is 1. The lowest BCUT2D eigenvalue weighted by Gasteiger charge is -2.42. The van der Waals surface area contributed by atoms with Gasteiger partial charge in [0.2, 0.25) is 0 Å². The maximum Gasteiger partial charge on any atom is 0.320 e. The van der Waals surface area contributed by atoms with Crippen LogP contribution in [0.3, 0.4) is 0 Å². The number of urea groups is 1. The van der Waals surface area contributed by atoms with Gasteiger partial charge in [-0.2, -0.15) is 0 Å². The fraction of sp³-hybridized carbons (Fsp3) is 0.706. The number of fused-ring (bicyclic) bond motifs is 2. The van der Waals surface area contributed by atoms with Crippen molar-refractivity contribution >= 4 is 17.4 Å². The molecule has 21 heavy (non-hydrogen) atoms. The number of hydrogen-bond acceptors (Lipinski definition) is 2. The number of rotatable bonds is 1. The SMILES string of the molecule is O=C(N1CCCCC1)N1[C@@H]2CC[C@H]1C[C@@H](c1cccs1)C2. The number of carbonyl (C=O) groups is 1. The number of amides is 2. The van der Waals surface area contributed by atoms with Gasteiger partial charge in [-0.25, -0.2) is 4.79 Å². The van der Waals surface area contributed by atoms with Crippen molar-refractivity contribution in [3.63, 3.8) is 0 Å². The molecule has 3 aliphatic heterocycles. The minimum atomic E-state index is 0.340. The molecule has 1 aromatic heterocycles.